The van der Waals surface area contributed by atoms with Gasteiger partial charge in [0.15, 0.2) is 11.5 Å². The largest absolute Gasteiger partial charge is 0.493 e. The van der Waals surface area contributed by atoms with Crippen LogP contribution in [0.25, 0.3) is 6.08 Å². The molecule has 0 heterocycles. The molecule has 0 aromatic heterocycles. The number of aromatic carboxylic acids is 1. The first-order valence-electron chi connectivity index (χ1n) is 8.55. The Morgan fingerprint density at radius 3 is 2.59 bits per heavy atom. The smallest absolute Gasteiger partial charge is 0.335 e. The normalized spacial score (nSPS) is 11.0. The van der Waals surface area contributed by atoms with Crippen molar-refractivity contribution in [2.24, 2.45) is 0 Å². The van der Waals surface area contributed by atoms with Crippen molar-refractivity contribution in [1.82, 2.24) is 0 Å². The van der Waals surface area contributed by atoms with E-state index in [0.717, 1.165) is 0 Å². The average Bonchev–Trinajstić information content (AvgIpc) is 2.67. The van der Waals surface area contributed by atoms with Crippen LogP contribution in [0, 0.1) is 11.3 Å². The molecule has 0 atom stereocenters. The van der Waals surface area contributed by atoms with Gasteiger partial charge < -0.3 is 19.9 Å². The molecule has 0 saturated carbocycles. The van der Waals surface area contributed by atoms with Crippen molar-refractivity contribution >= 4 is 39.6 Å². The highest BCUT2D eigenvalue weighted by Gasteiger charge is 2.15. The molecule has 2 N–H and O–H groups in total. The number of carbonyl (C=O) groups excluding carboxylic acids is 1. The number of rotatable bonds is 7. The van der Waals surface area contributed by atoms with Gasteiger partial charge in [-0.3, -0.25) is 4.79 Å². The number of nitriles is 1. The molecule has 150 valence electrons. The van der Waals surface area contributed by atoms with Gasteiger partial charge in [0.25, 0.3) is 5.91 Å². The maximum absolute atomic E-state index is 12.5. The minimum absolute atomic E-state index is 0.0275. The van der Waals surface area contributed by atoms with E-state index in [9.17, 15) is 14.9 Å². The molecule has 2 rings (SSSR count). The maximum Gasteiger partial charge on any atom is 0.335 e. The minimum Gasteiger partial charge on any atom is -0.493 e. The summed E-state index contributed by atoms with van der Waals surface area (Å²) in [5.74, 6) is -0.801. The number of hydrogen-bond acceptors (Lipinski definition) is 5. The van der Waals surface area contributed by atoms with Gasteiger partial charge >= 0.3 is 5.97 Å². The Morgan fingerprint density at radius 2 is 2.00 bits per heavy atom. The van der Waals surface area contributed by atoms with E-state index in [0.29, 0.717) is 21.5 Å². The third-order valence-electron chi connectivity index (χ3n) is 3.65. The summed E-state index contributed by atoms with van der Waals surface area (Å²) in [6.07, 6.45) is 1.34. The number of nitrogens with one attached hydrogen (secondary N) is 1. The summed E-state index contributed by atoms with van der Waals surface area (Å²) < 4.78 is 11.7. The molecule has 2 aromatic carbocycles. The van der Waals surface area contributed by atoms with E-state index >= 15 is 0 Å². The van der Waals surface area contributed by atoms with E-state index in [-0.39, 0.29) is 22.9 Å². The summed E-state index contributed by atoms with van der Waals surface area (Å²) in [5.41, 5.74) is 0.697. The van der Waals surface area contributed by atoms with Gasteiger partial charge in [0, 0.05) is 5.69 Å². The van der Waals surface area contributed by atoms with Crippen molar-refractivity contribution in [2.45, 2.75) is 20.0 Å². The molecule has 0 unspecified atom stereocenters. The molecule has 29 heavy (non-hydrogen) atoms. The second-order valence-corrected chi connectivity index (χ2v) is 7.06. The number of methoxy groups -OCH3 is 1. The number of ether oxygens (including phenoxy) is 2. The highest BCUT2D eigenvalue weighted by Crippen LogP contribution is 2.38. The molecule has 0 radical (unpaired) electrons. The van der Waals surface area contributed by atoms with Crippen LogP contribution in [-0.2, 0) is 4.79 Å². The topological polar surface area (TPSA) is 109 Å². The molecule has 2 aromatic rings. The molecule has 0 saturated heterocycles. The number of nitrogens with zero attached hydrogens (tertiary/aromatic N) is 1. The van der Waals surface area contributed by atoms with Gasteiger partial charge in [-0.1, -0.05) is 6.07 Å². The molecule has 0 spiro atoms. The summed E-state index contributed by atoms with van der Waals surface area (Å²) in [5, 5.41) is 21.0. The Balaban J connectivity index is 2.32. The van der Waals surface area contributed by atoms with Crippen LogP contribution in [0.3, 0.4) is 0 Å². The SMILES string of the molecule is COc1cc(/C=C(/C#N)C(=O)Nc2cccc(C(=O)O)c2)cc(Br)c1OC(C)C. The molecular weight excluding hydrogens is 440 g/mol. The van der Waals surface area contributed by atoms with Crippen LogP contribution in [0.5, 0.6) is 11.5 Å². The van der Waals surface area contributed by atoms with E-state index < -0.39 is 11.9 Å². The van der Waals surface area contributed by atoms with E-state index in [1.165, 1.54) is 37.5 Å². The van der Waals surface area contributed by atoms with Gasteiger partial charge in [0.1, 0.15) is 11.6 Å². The van der Waals surface area contributed by atoms with Gasteiger partial charge in [-0.2, -0.15) is 5.26 Å². The summed E-state index contributed by atoms with van der Waals surface area (Å²) >= 11 is 3.42. The molecule has 8 heteroatoms. The van der Waals surface area contributed by atoms with Crippen molar-refractivity contribution in [3.05, 3.63) is 57.6 Å². The van der Waals surface area contributed by atoms with Crippen LogP contribution in [-0.4, -0.2) is 30.2 Å². The number of carboxylic acid groups (broad SMARTS) is 1. The van der Waals surface area contributed by atoms with Crippen LogP contribution in [0.1, 0.15) is 29.8 Å². The molecular formula is C21H19BrN2O5. The lowest BCUT2D eigenvalue weighted by molar-refractivity contribution is -0.112. The van der Waals surface area contributed by atoms with Gasteiger partial charge in [-0.25, -0.2) is 4.79 Å². The van der Waals surface area contributed by atoms with Crippen molar-refractivity contribution in [1.29, 1.82) is 5.26 Å². The van der Waals surface area contributed by atoms with Crippen molar-refractivity contribution in [3.8, 4) is 17.6 Å². The average molecular weight is 459 g/mol. The quantitative estimate of drug-likeness (QED) is 0.467. The fourth-order valence-electron chi connectivity index (χ4n) is 2.42. The van der Waals surface area contributed by atoms with E-state index in [2.05, 4.69) is 21.2 Å². The number of amides is 1. The van der Waals surface area contributed by atoms with E-state index in [1.54, 1.807) is 12.1 Å². The van der Waals surface area contributed by atoms with E-state index in [1.807, 2.05) is 19.9 Å². The van der Waals surface area contributed by atoms with Gasteiger partial charge in [0.2, 0.25) is 0 Å². The molecule has 1 amide bonds. The molecule has 7 nitrogen and oxygen atoms in total. The predicted octanol–water partition coefficient (Wildman–Crippen LogP) is 4.49. The highest BCUT2D eigenvalue weighted by molar-refractivity contribution is 9.10. The summed E-state index contributed by atoms with van der Waals surface area (Å²) in [7, 11) is 1.50. The Morgan fingerprint density at radius 1 is 1.28 bits per heavy atom. The third kappa shape index (κ3) is 5.83. The fraction of sp³-hybridized carbons (Fsp3) is 0.190. The summed E-state index contributed by atoms with van der Waals surface area (Å²) in [4.78, 5) is 23.5. The first-order valence-corrected chi connectivity index (χ1v) is 9.35. The Kier molecular flexibility index (Phi) is 7.39. The minimum atomic E-state index is -1.11. The lowest BCUT2D eigenvalue weighted by atomic mass is 10.1. The second-order valence-electron chi connectivity index (χ2n) is 6.21. The van der Waals surface area contributed by atoms with Crippen LogP contribution >= 0.6 is 15.9 Å². The molecule has 0 aliphatic rings. The number of carbonyl (C=O) groups is 2. The first kappa shape index (κ1) is 22.0. The molecule has 0 aliphatic carbocycles. The number of benzene rings is 2. The monoisotopic (exact) mass is 458 g/mol. The Bertz CT molecular complexity index is 1010. The highest BCUT2D eigenvalue weighted by atomic mass is 79.9. The first-order chi connectivity index (χ1) is 13.7. The lowest BCUT2D eigenvalue weighted by Gasteiger charge is -2.16. The Labute approximate surface area is 176 Å². The number of anilines is 1. The maximum atomic E-state index is 12.5. The van der Waals surface area contributed by atoms with E-state index in [4.69, 9.17) is 14.6 Å². The van der Waals surface area contributed by atoms with Crippen LogP contribution in [0.2, 0.25) is 0 Å². The number of hydrogen-bond donors (Lipinski definition) is 2. The second kappa shape index (κ2) is 9.75. The zero-order chi connectivity index (χ0) is 21.6. The zero-order valence-electron chi connectivity index (χ0n) is 16.0. The molecule has 0 bridgehead atoms. The van der Waals surface area contributed by atoms with Crippen molar-refractivity contribution in [3.63, 3.8) is 0 Å². The number of halogens is 1. The van der Waals surface area contributed by atoms with Crippen LogP contribution in [0.4, 0.5) is 5.69 Å². The van der Waals surface area contributed by atoms with Crippen molar-refractivity contribution in [2.75, 3.05) is 12.4 Å². The fourth-order valence-corrected chi connectivity index (χ4v) is 2.97. The van der Waals surface area contributed by atoms with Crippen molar-refractivity contribution < 1.29 is 24.2 Å². The van der Waals surface area contributed by atoms with Crippen LogP contribution in [0.15, 0.2) is 46.4 Å². The van der Waals surface area contributed by atoms with Gasteiger partial charge in [-0.15, -0.1) is 0 Å². The standard InChI is InChI=1S/C21H19BrN2O5/c1-12(2)29-19-17(22)8-13(9-18(19)28-3)7-15(11-23)20(25)24-16-6-4-5-14(10-16)21(26)27/h4-10,12H,1-3H3,(H,24,25)(H,26,27)/b15-7-. The third-order valence-corrected chi connectivity index (χ3v) is 4.24. The van der Waals surface area contributed by atoms with Gasteiger partial charge in [-0.05, 0) is 71.7 Å². The Hall–Kier alpha value is -3.31. The molecule has 0 aliphatic heterocycles. The molecule has 0 fully saturated rings. The number of carboxylic acids is 1. The van der Waals surface area contributed by atoms with Gasteiger partial charge in [0.05, 0.1) is 23.2 Å². The predicted molar refractivity (Wildman–Crippen MR) is 112 cm³/mol. The lowest BCUT2D eigenvalue weighted by Crippen LogP contribution is -2.14. The zero-order valence-corrected chi connectivity index (χ0v) is 17.6. The van der Waals surface area contributed by atoms with Crippen LogP contribution < -0.4 is 14.8 Å². The summed E-state index contributed by atoms with van der Waals surface area (Å²) in [6, 6.07) is 11.0. The summed E-state index contributed by atoms with van der Waals surface area (Å²) in [6.45, 7) is 3.77.